The normalized spacial score (nSPS) is 13.8. The lowest BCUT2D eigenvalue weighted by Crippen LogP contribution is -2.35. The molecule has 0 saturated heterocycles. The van der Waals surface area contributed by atoms with Crippen LogP contribution in [0.5, 0.6) is 0 Å². The van der Waals surface area contributed by atoms with Crippen LogP contribution in [0.3, 0.4) is 0 Å². The number of rotatable bonds is 8. The first-order valence-electron chi connectivity index (χ1n) is 7.21. The minimum Gasteiger partial charge on any atom is -0.480 e. The maximum atomic E-state index is 12.3. The molecule has 0 saturated carbocycles. The van der Waals surface area contributed by atoms with Crippen LogP contribution in [-0.2, 0) is 20.4 Å². The molecule has 1 aromatic heterocycles. The van der Waals surface area contributed by atoms with Gasteiger partial charge in [-0.1, -0.05) is 27.7 Å². The number of hydrogen-bond acceptors (Lipinski definition) is 4. The van der Waals surface area contributed by atoms with Gasteiger partial charge in [0, 0.05) is 6.20 Å². The molecule has 1 heterocycles. The second-order valence-corrected chi connectivity index (χ2v) is 7.69. The summed E-state index contributed by atoms with van der Waals surface area (Å²) >= 11 is 0. The summed E-state index contributed by atoms with van der Waals surface area (Å²) in [5.74, 6) is -2.12. The number of hydrogen-bond donors (Lipinski definition) is 1. The highest BCUT2D eigenvalue weighted by Gasteiger charge is 2.35. The van der Waals surface area contributed by atoms with E-state index in [0.29, 0.717) is 5.69 Å². The molecule has 0 fully saturated rings. The quantitative estimate of drug-likeness (QED) is 0.794. The van der Waals surface area contributed by atoms with Gasteiger partial charge in [-0.15, -0.1) is 0 Å². The average Bonchev–Trinajstić information content (AvgIpc) is 2.76. The van der Waals surface area contributed by atoms with Crippen LogP contribution in [-0.4, -0.2) is 34.5 Å². The Kier molecular flexibility index (Phi) is 5.95. The van der Waals surface area contributed by atoms with Crippen LogP contribution >= 0.6 is 0 Å². The third-order valence-corrected chi connectivity index (χ3v) is 5.78. The van der Waals surface area contributed by atoms with Crippen LogP contribution in [0.25, 0.3) is 0 Å². The van der Waals surface area contributed by atoms with Crippen molar-refractivity contribution < 1.29 is 18.3 Å². The van der Waals surface area contributed by atoms with E-state index in [9.17, 15) is 13.2 Å². The van der Waals surface area contributed by atoms with Gasteiger partial charge in [-0.3, -0.25) is 9.48 Å². The molecule has 0 aliphatic rings. The molecule has 0 bridgehead atoms. The Morgan fingerprint density at radius 1 is 1.33 bits per heavy atom. The summed E-state index contributed by atoms with van der Waals surface area (Å²) < 4.78 is 26.3. The maximum absolute atomic E-state index is 12.3. The van der Waals surface area contributed by atoms with Gasteiger partial charge in [-0.25, -0.2) is 8.42 Å². The van der Waals surface area contributed by atoms with Crippen molar-refractivity contribution in [3.8, 4) is 0 Å². The molecule has 1 atom stereocenters. The van der Waals surface area contributed by atoms with Crippen molar-refractivity contribution in [2.45, 2.75) is 57.6 Å². The predicted octanol–water partition coefficient (Wildman–Crippen LogP) is 2.27. The van der Waals surface area contributed by atoms with E-state index in [1.54, 1.807) is 30.8 Å². The third-order valence-electron chi connectivity index (χ3n) is 3.57. The van der Waals surface area contributed by atoms with Crippen molar-refractivity contribution in [2.75, 3.05) is 0 Å². The zero-order valence-electron chi connectivity index (χ0n) is 13.0. The van der Waals surface area contributed by atoms with E-state index in [1.807, 2.05) is 13.8 Å². The molecule has 1 unspecified atom stereocenters. The lowest BCUT2D eigenvalue weighted by molar-refractivity contribution is -0.137. The van der Waals surface area contributed by atoms with E-state index in [2.05, 4.69) is 5.10 Å². The lowest BCUT2D eigenvalue weighted by Gasteiger charge is -2.16. The Labute approximate surface area is 126 Å². The van der Waals surface area contributed by atoms with Gasteiger partial charge in [0.2, 0.25) is 0 Å². The van der Waals surface area contributed by atoms with Gasteiger partial charge < -0.3 is 5.11 Å². The van der Waals surface area contributed by atoms with Crippen LogP contribution < -0.4 is 0 Å². The van der Waals surface area contributed by atoms with Gasteiger partial charge in [0.15, 0.2) is 15.1 Å². The van der Waals surface area contributed by atoms with E-state index in [1.165, 1.54) is 0 Å². The SMILES string of the molecule is CCC(CC)n1ccc(CS(=O)(=O)C(C(=O)O)C(C)C)n1. The molecule has 1 N–H and O–H groups in total. The number of carboxylic acids is 1. The largest absolute Gasteiger partial charge is 0.480 e. The molecule has 21 heavy (non-hydrogen) atoms. The number of aromatic nitrogens is 2. The molecule has 6 nitrogen and oxygen atoms in total. The van der Waals surface area contributed by atoms with Gasteiger partial charge in [0.1, 0.15) is 0 Å². The van der Waals surface area contributed by atoms with Gasteiger partial charge in [-0.2, -0.15) is 5.10 Å². The van der Waals surface area contributed by atoms with Crippen molar-refractivity contribution in [3.05, 3.63) is 18.0 Å². The molecule has 7 heteroatoms. The number of aliphatic carboxylic acids is 1. The summed E-state index contributed by atoms with van der Waals surface area (Å²) in [7, 11) is -3.78. The molecular weight excluding hydrogens is 292 g/mol. The molecular formula is C14H24N2O4S. The van der Waals surface area contributed by atoms with Crippen LogP contribution in [0.1, 0.15) is 52.3 Å². The van der Waals surface area contributed by atoms with E-state index >= 15 is 0 Å². The Morgan fingerprint density at radius 2 is 1.90 bits per heavy atom. The zero-order valence-corrected chi connectivity index (χ0v) is 13.8. The number of carboxylic acid groups (broad SMARTS) is 1. The van der Waals surface area contributed by atoms with E-state index < -0.39 is 27.0 Å². The van der Waals surface area contributed by atoms with Gasteiger partial charge in [0.05, 0.1) is 17.5 Å². The second kappa shape index (κ2) is 7.06. The molecule has 0 aromatic carbocycles. The average molecular weight is 316 g/mol. The highest BCUT2D eigenvalue weighted by molar-refractivity contribution is 7.92. The van der Waals surface area contributed by atoms with Gasteiger partial charge in [-0.05, 0) is 24.8 Å². The highest BCUT2D eigenvalue weighted by Crippen LogP contribution is 2.19. The molecule has 1 rings (SSSR count). The van der Waals surface area contributed by atoms with Crippen molar-refractivity contribution in [1.82, 2.24) is 9.78 Å². The Hall–Kier alpha value is -1.37. The summed E-state index contributed by atoms with van der Waals surface area (Å²) in [5, 5.41) is 12.0. The molecule has 0 spiro atoms. The second-order valence-electron chi connectivity index (χ2n) is 5.57. The standard InChI is InChI=1S/C14H24N2O4S/c1-5-12(6-2)16-8-7-11(15-16)9-21(19,20)13(10(3)4)14(17)18/h7-8,10,12-13H,5-6,9H2,1-4H3,(H,17,18). The Morgan fingerprint density at radius 3 is 2.33 bits per heavy atom. The number of nitrogens with zero attached hydrogens (tertiary/aromatic N) is 2. The summed E-state index contributed by atoms with van der Waals surface area (Å²) in [6, 6.07) is 1.89. The monoisotopic (exact) mass is 316 g/mol. The van der Waals surface area contributed by atoms with E-state index in [0.717, 1.165) is 12.8 Å². The van der Waals surface area contributed by atoms with Gasteiger partial charge >= 0.3 is 5.97 Å². The molecule has 0 aliphatic heterocycles. The molecule has 0 aliphatic carbocycles. The fourth-order valence-corrected chi connectivity index (χ4v) is 4.35. The van der Waals surface area contributed by atoms with Crippen molar-refractivity contribution in [3.63, 3.8) is 0 Å². The van der Waals surface area contributed by atoms with Crippen molar-refractivity contribution in [2.24, 2.45) is 5.92 Å². The lowest BCUT2D eigenvalue weighted by atomic mass is 10.1. The molecule has 1 aromatic rings. The summed E-state index contributed by atoms with van der Waals surface area (Å²) in [4.78, 5) is 11.2. The number of carbonyl (C=O) groups is 1. The topological polar surface area (TPSA) is 89.3 Å². The van der Waals surface area contributed by atoms with Crippen LogP contribution in [0.15, 0.2) is 12.3 Å². The van der Waals surface area contributed by atoms with Crippen molar-refractivity contribution >= 4 is 15.8 Å². The number of sulfone groups is 1. The summed E-state index contributed by atoms with van der Waals surface area (Å²) in [5.41, 5.74) is 0.397. The summed E-state index contributed by atoms with van der Waals surface area (Å²) in [6.45, 7) is 7.29. The molecule has 0 amide bonds. The molecule has 0 radical (unpaired) electrons. The summed E-state index contributed by atoms with van der Waals surface area (Å²) in [6.07, 6.45) is 3.58. The first kappa shape index (κ1) is 17.7. The smallest absolute Gasteiger partial charge is 0.322 e. The Bertz CT molecular complexity index is 574. The zero-order chi connectivity index (χ0) is 16.2. The fraction of sp³-hybridized carbons (Fsp3) is 0.714. The predicted molar refractivity (Wildman–Crippen MR) is 80.7 cm³/mol. The molecule has 120 valence electrons. The Balaban J connectivity index is 2.97. The van der Waals surface area contributed by atoms with Crippen LogP contribution in [0, 0.1) is 5.92 Å². The van der Waals surface area contributed by atoms with E-state index in [-0.39, 0.29) is 11.8 Å². The maximum Gasteiger partial charge on any atom is 0.322 e. The third kappa shape index (κ3) is 4.30. The first-order chi connectivity index (χ1) is 9.72. The minimum absolute atomic E-state index is 0.238. The van der Waals surface area contributed by atoms with E-state index in [4.69, 9.17) is 5.11 Å². The van der Waals surface area contributed by atoms with Crippen molar-refractivity contribution in [1.29, 1.82) is 0 Å². The van der Waals surface area contributed by atoms with Gasteiger partial charge in [0.25, 0.3) is 0 Å². The minimum atomic E-state index is -3.78. The van der Waals surface area contributed by atoms with Crippen LogP contribution in [0.4, 0.5) is 0 Å². The fourth-order valence-electron chi connectivity index (χ4n) is 2.47. The highest BCUT2D eigenvalue weighted by atomic mass is 32.2. The first-order valence-corrected chi connectivity index (χ1v) is 8.92. The van der Waals surface area contributed by atoms with Crippen LogP contribution in [0.2, 0.25) is 0 Å².